The van der Waals surface area contributed by atoms with Crippen molar-refractivity contribution in [2.75, 3.05) is 6.61 Å². The van der Waals surface area contributed by atoms with Crippen LogP contribution in [0.1, 0.15) is 37.9 Å². The van der Waals surface area contributed by atoms with Gasteiger partial charge in [-0.15, -0.1) is 0 Å². The number of hydrogen-bond donors (Lipinski definition) is 0. The maximum absolute atomic E-state index is 5.49. The van der Waals surface area contributed by atoms with Crippen LogP contribution in [0.15, 0.2) is 12.3 Å². The largest absolute Gasteiger partial charge is 0.493 e. The molecular formula is C11H17NO. The first kappa shape index (κ1) is 10.0. The van der Waals surface area contributed by atoms with Crippen LogP contribution in [-0.2, 0) is 0 Å². The summed E-state index contributed by atoms with van der Waals surface area (Å²) in [6.45, 7) is 9.06. The van der Waals surface area contributed by atoms with E-state index in [0.29, 0.717) is 12.5 Å². The molecule has 2 nitrogen and oxygen atoms in total. The zero-order valence-electron chi connectivity index (χ0n) is 8.79. The molecule has 1 aromatic rings. The van der Waals surface area contributed by atoms with Gasteiger partial charge in [-0.25, -0.2) is 0 Å². The Kier molecular flexibility index (Phi) is 3.29. The lowest BCUT2D eigenvalue weighted by Gasteiger charge is -2.12. The summed E-state index contributed by atoms with van der Waals surface area (Å²) < 4.78 is 5.49. The molecule has 0 spiro atoms. The molecule has 0 saturated carbocycles. The van der Waals surface area contributed by atoms with E-state index in [1.54, 1.807) is 0 Å². The quantitative estimate of drug-likeness (QED) is 0.711. The van der Waals surface area contributed by atoms with Crippen molar-refractivity contribution in [2.24, 2.45) is 0 Å². The standard InChI is InChI=1S/C11H17NO/c1-5-13-10-6-7-12-11(8(2)3)9(10)4/h6-8H,5H2,1-4H3. The third kappa shape index (κ3) is 2.20. The summed E-state index contributed by atoms with van der Waals surface area (Å²) in [5.74, 6) is 1.42. The molecule has 1 rings (SSSR count). The number of pyridine rings is 1. The minimum Gasteiger partial charge on any atom is -0.493 e. The smallest absolute Gasteiger partial charge is 0.125 e. The van der Waals surface area contributed by atoms with Crippen molar-refractivity contribution in [3.63, 3.8) is 0 Å². The molecule has 1 heterocycles. The topological polar surface area (TPSA) is 22.1 Å². The molecule has 0 radical (unpaired) electrons. The highest BCUT2D eigenvalue weighted by Crippen LogP contribution is 2.24. The lowest BCUT2D eigenvalue weighted by molar-refractivity contribution is 0.336. The van der Waals surface area contributed by atoms with E-state index in [0.717, 1.165) is 11.4 Å². The molecule has 0 aliphatic rings. The second-order valence-corrected chi connectivity index (χ2v) is 3.41. The second kappa shape index (κ2) is 4.26. The summed E-state index contributed by atoms with van der Waals surface area (Å²) in [6.07, 6.45) is 1.81. The first-order chi connectivity index (χ1) is 6.16. The van der Waals surface area contributed by atoms with E-state index in [1.165, 1.54) is 5.56 Å². The molecule has 0 aromatic carbocycles. The highest BCUT2D eigenvalue weighted by Gasteiger charge is 2.08. The van der Waals surface area contributed by atoms with E-state index >= 15 is 0 Å². The Hall–Kier alpha value is -1.05. The summed E-state index contributed by atoms with van der Waals surface area (Å²) in [5.41, 5.74) is 2.30. The van der Waals surface area contributed by atoms with Gasteiger partial charge < -0.3 is 4.74 Å². The van der Waals surface area contributed by atoms with Crippen LogP contribution in [0.5, 0.6) is 5.75 Å². The van der Waals surface area contributed by atoms with Gasteiger partial charge in [-0.1, -0.05) is 13.8 Å². The SMILES string of the molecule is CCOc1ccnc(C(C)C)c1C. The fraction of sp³-hybridized carbons (Fsp3) is 0.545. The van der Waals surface area contributed by atoms with Gasteiger partial charge in [0.1, 0.15) is 5.75 Å². The fourth-order valence-corrected chi connectivity index (χ4v) is 1.43. The van der Waals surface area contributed by atoms with E-state index in [1.807, 2.05) is 19.2 Å². The first-order valence-electron chi connectivity index (χ1n) is 4.75. The minimum absolute atomic E-state index is 0.459. The molecule has 0 atom stereocenters. The molecule has 2 heteroatoms. The van der Waals surface area contributed by atoms with E-state index in [4.69, 9.17) is 4.74 Å². The van der Waals surface area contributed by atoms with Gasteiger partial charge in [0.25, 0.3) is 0 Å². The van der Waals surface area contributed by atoms with Gasteiger partial charge in [-0.2, -0.15) is 0 Å². The van der Waals surface area contributed by atoms with Crippen LogP contribution in [0.3, 0.4) is 0 Å². The Morgan fingerprint density at radius 1 is 1.46 bits per heavy atom. The van der Waals surface area contributed by atoms with E-state index in [9.17, 15) is 0 Å². The van der Waals surface area contributed by atoms with Gasteiger partial charge in [-0.3, -0.25) is 4.98 Å². The summed E-state index contributed by atoms with van der Waals surface area (Å²) in [6, 6.07) is 1.92. The Labute approximate surface area is 80.0 Å². The molecule has 0 bridgehead atoms. The highest BCUT2D eigenvalue weighted by molar-refractivity contribution is 5.35. The Bertz CT molecular complexity index is 281. The minimum atomic E-state index is 0.459. The number of rotatable bonds is 3. The average molecular weight is 179 g/mol. The number of nitrogens with zero attached hydrogens (tertiary/aromatic N) is 1. The summed E-state index contributed by atoms with van der Waals surface area (Å²) in [7, 11) is 0. The van der Waals surface area contributed by atoms with Crippen molar-refractivity contribution < 1.29 is 4.74 Å². The van der Waals surface area contributed by atoms with Gasteiger partial charge >= 0.3 is 0 Å². The second-order valence-electron chi connectivity index (χ2n) is 3.41. The summed E-state index contributed by atoms with van der Waals surface area (Å²) >= 11 is 0. The lowest BCUT2D eigenvalue weighted by atomic mass is 10.0. The van der Waals surface area contributed by atoms with Gasteiger partial charge in [-0.05, 0) is 25.8 Å². The van der Waals surface area contributed by atoms with Gasteiger partial charge in [0, 0.05) is 17.5 Å². The molecule has 0 aliphatic heterocycles. The van der Waals surface area contributed by atoms with Crippen LogP contribution < -0.4 is 4.74 Å². The zero-order chi connectivity index (χ0) is 9.84. The highest BCUT2D eigenvalue weighted by atomic mass is 16.5. The van der Waals surface area contributed by atoms with Crippen LogP contribution in [0.25, 0.3) is 0 Å². The summed E-state index contributed by atoms with van der Waals surface area (Å²) in [4.78, 5) is 4.34. The lowest BCUT2D eigenvalue weighted by Crippen LogP contribution is -2.00. The molecule has 0 N–H and O–H groups in total. The van der Waals surface area contributed by atoms with E-state index in [2.05, 4.69) is 25.8 Å². The van der Waals surface area contributed by atoms with Crippen molar-refractivity contribution in [1.82, 2.24) is 4.98 Å². The Balaban J connectivity index is 3.03. The van der Waals surface area contributed by atoms with Crippen LogP contribution in [0, 0.1) is 6.92 Å². The molecule has 0 aliphatic carbocycles. The first-order valence-corrected chi connectivity index (χ1v) is 4.75. The van der Waals surface area contributed by atoms with E-state index < -0.39 is 0 Å². The fourth-order valence-electron chi connectivity index (χ4n) is 1.43. The van der Waals surface area contributed by atoms with Crippen molar-refractivity contribution in [3.05, 3.63) is 23.5 Å². The molecule has 1 aromatic heterocycles. The monoisotopic (exact) mass is 179 g/mol. The van der Waals surface area contributed by atoms with Gasteiger partial charge in [0.2, 0.25) is 0 Å². The molecule has 0 saturated heterocycles. The maximum Gasteiger partial charge on any atom is 0.125 e. The van der Waals surface area contributed by atoms with Crippen molar-refractivity contribution in [3.8, 4) is 5.75 Å². The predicted molar refractivity (Wildman–Crippen MR) is 54.2 cm³/mol. The van der Waals surface area contributed by atoms with E-state index in [-0.39, 0.29) is 0 Å². The number of aromatic nitrogens is 1. The molecule has 13 heavy (non-hydrogen) atoms. The number of ether oxygens (including phenoxy) is 1. The molecule has 0 fully saturated rings. The maximum atomic E-state index is 5.49. The van der Waals surface area contributed by atoms with Crippen LogP contribution in [0.2, 0.25) is 0 Å². The molecule has 0 amide bonds. The third-order valence-corrected chi connectivity index (χ3v) is 2.04. The Morgan fingerprint density at radius 2 is 2.15 bits per heavy atom. The van der Waals surface area contributed by atoms with Crippen molar-refractivity contribution >= 4 is 0 Å². The van der Waals surface area contributed by atoms with Crippen molar-refractivity contribution in [1.29, 1.82) is 0 Å². The average Bonchev–Trinajstić information content (AvgIpc) is 2.08. The van der Waals surface area contributed by atoms with Crippen molar-refractivity contribution in [2.45, 2.75) is 33.6 Å². The number of hydrogen-bond acceptors (Lipinski definition) is 2. The normalized spacial score (nSPS) is 10.5. The summed E-state index contributed by atoms with van der Waals surface area (Å²) in [5, 5.41) is 0. The van der Waals surface area contributed by atoms with Gasteiger partial charge in [0.15, 0.2) is 0 Å². The third-order valence-electron chi connectivity index (χ3n) is 2.04. The predicted octanol–water partition coefficient (Wildman–Crippen LogP) is 2.91. The molecule has 72 valence electrons. The van der Waals surface area contributed by atoms with Crippen LogP contribution in [-0.4, -0.2) is 11.6 Å². The van der Waals surface area contributed by atoms with Crippen LogP contribution >= 0.6 is 0 Å². The zero-order valence-corrected chi connectivity index (χ0v) is 8.79. The van der Waals surface area contributed by atoms with Crippen LogP contribution in [0.4, 0.5) is 0 Å². The van der Waals surface area contributed by atoms with Gasteiger partial charge in [0.05, 0.1) is 6.61 Å². The molecule has 0 unspecified atom stereocenters. The molecular weight excluding hydrogens is 162 g/mol. The Morgan fingerprint density at radius 3 is 2.69 bits per heavy atom.